The van der Waals surface area contributed by atoms with Gasteiger partial charge in [0.15, 0.2) is 17.3 Å². The minimum absolute atomic E-state index is 0.0228. The second-order valence-electron chi connectivity index (χ2n) is 4.70. The van der Waals surface area contributed by atoms with E-state index < -0.39 is 0 Å². The van der Waals surface area contributed by atoms with E-state index in [1.54, 1.807) is 12.3 Å². The van der Waals surface area contributed by atoms with Crippen molar-refractivity contribution in [3.8, 4) is 11.5 Å². The molecule has 1 aromatic carbocycles. The lowest BCUT2D eigenvalue weighted by Gasteiger charge is -2.09. The number of ketones is 1. The van der Waals surface area contributed by atoms with Crippen LogP contribution in [0.4, 0.5) is 0 Å². The highest BCUT2D eigenvalue weighted by atomic mass is 32.2. The van der Waals surface area contributed by atoms with Crippen LogP contribution in [0.15, 0.2) is 46.5 Å². The summed E-state index contributed by atoms with van der Waals surface area (Å²) in [5.41, 5.74) is 0.623. The van der Waals surface area contributed by atoms with E-state index in [2.05, 4.69) is 4.98 Å². The molecule has 2 heterocycles. The van der Waals surface area contributed by atoms with Crippen molar-refractivity contribution in [1.29, 1.82) is 0 Å². The van der Waals surface area contributed by atoms with Crippen molar-refractivity contribution in [1.82, 2.24) is 4.98 Å². The number of fused-ring (bicyclic) bond motifs is 1. The standard InChI is InChI=1S/C16H15NO3S/c1-11(18)12-3-6-16(17-10-12)21-13-4-5-14-15(9-13)20-8-2-7-19-14/h3-6,9-10H,2,7-8H2,1H3. The summed E-state index contributed by atoms with van der Waals surface area (Å²) in [6.07, 6.45) is 2.50. The Balaban J connectivity index is 1.78. The van der Waals surface area contributed by atoms with E-state index >= 15 is 0 Å². The first-order valence-corrected chi connectivity index (χ1v) is 7.58. The molecule has 0 saturated heterocycles. The van der Waals surface area contributed by atoms with E-state index in [0.29, 0.717) is 18.8 Å². The lowest BCUT2D eigenvalue weighted by Crippen LogP contribution is -1.97. The van der Waals surface area contributed by atoms with Crippen molar-refractivity contribution in [2.24, 2.45) is 0 Å². The molecule has 4 nitrogen and oxygen atoms in total. The lowest BCUT2D eigenvalue weighted by atomic mass is 10.2. The number of aromatic nitrogens is 1. The van der Waals surface area contributed by atoms with Crippen molar-refractivity contribution >= 4 is 17.5 Å². The van der Waals surface area contributed by atoms with E-state index in [4.69, 9.17) is 9.47 Å². The molecule has 0 atom stereocenters. The van der Waals surface area contributed by atoms with Gasteiger partial charge in [-0.2, -0.15) is 0 Å². The summed E-state index contributed by atoms with van der Waals surface area (Å²) in [7, 11) is 0. The van der Waals surface area contributed by atoms with Gasteiger partial charge in [-0.1, -0.05) is 11.8 Å². The van der Waals surface area contributed by atoms with Gasteiger partial charge in [0, 0.05) is 23.1 Å². The van der Waals surface area contributed by atoms with Gasteiger partial charge in [-0.05, 0) is 37.3 Å². The third-order valence-electron chi connectivity index (χ3n) is 3.08. The monoisotopic (exact) mass is 301 g/mol. The molecule has 0 radical (unpaired) electrons. The Bertz CT molecular complexity index is 655. The van der Waals surface area contributed by atoms with Gasteiger partial charge in [-0.15, -0.1) is 0 Å². The van der Waals surface area contributed by atoms with Gasteiger partial charge in [0.1, 0.15) is 5.03 Å². The Hall–Kier alpha value is -2.01. The number of Topliss-reactive ketones (excluding diaryl/α,β-unsaturated/α-hetero) is 1. The lowest BCUT2D eigenvalue weighted by molar-refractivity contribution is 0.101. The average Bonchev–Trinajstić information content (AvgIpc) is 2.72. The van der Waals surface area contributed by atoms with Gasteiger partial charge in [-0.25, -0.2) is 4.98 Å². The molecule has 2 aromatic rings. The predicted molar refractivity (Wildman–Crippen MR) is 80.4 cm³/mol. The summed E-state index contributed by atoms with van der Waals surface area (Å²) in [6, 6.07) is 9.52. The zero-order valence-corrected chi connectivity index (χ0v) is 12.5. The highest BCUT2D eigenvalue weighted by Gasteiger charge is 2.11. The Kier molecular flexibility index (Phi) is 4.10. The van der Waals surface area contributed by atoms with Crippen LogP contribution >= 0.6 is 11.8 Å². The molecule has 0 unspecified atom stereocenters. The predicted octanol–water partition coefficient (Wildman–Crippen LogP) is 3.60. The van der Waals surface area contributed by atoms with E-state index in [0.717, 1.165) is 27.8 Å². The summed E-state index contributed by atoms with van der Waals surface area (Å²) in [4.78, 5) is 16.6. The Morgan fingerprint density at radius 3 is 2.67 bits per heavy atom. The number of pyridine rings is 1. The highest BCUT2D eigenvalue weighted by Crippen LogP contribution is 2.35. The maximum Gasteiger partial charge on any atom is 0.162 e. The average molecular weight is 301 g/mol. The minimum atomic E-state index is 0.0228. The van der Waals surface area contributed by atoms with Crippen molar-refractivity contribution in [3.05, 3.63) is 42.1 Å². The summed E-state index contributed by atoms with van der Waals surface area (Å²) in [5.74, 6) is 1.59. The van der Waals surface area contributed by atoms with E-state index in [-0.39, 0.29) is 5.78 Å². The molecule has 21 heavy (non-hydrogen) atoms. The molecule has 1 aromatic heterocycles. The molecule has 0 amide bonds. The number of hydrogen-bond acceptors (Lipinski definition) is 5. The third kappa shape index (κ3) is 3.36. The van der Waals surface area contributed by atoms with Crippen molar-refractivity contribution in [2.75, 3.05) is 13.2 Å². The molecule has 0 N–H and O–H groups in total. The summed E-state index contributed by atoms with van der Waals surface area (Å²) in [5, 5.41) is 0.842. The van der Waals surface area contributed by atoms with Crippen LogP contribution in [-0.2, 0) is 0 Å². The van der Waals surface area contributed by atoms with E-state index in [9.17, 15) is 4.79 Å². The zero-order chi connectivity index (χ0) is 14.7. The van der Waals surface area contributed by atoms with E-state index in [1.165, 1.54) is 18.7 Å². The van der Waals surface area contributed by atoms with Crippen molar-refractivity contribution < 1.29 is 14.3 Å². The molecule has 1 aliphatic heterocycles. The minimum Gasteiger partial charge on any atom is -0.490 e. The molecular formula is C16H15NO3S. The zero-order valence-electron chi connectivity index (χ0n) is 11.7. The van der Waals surface area contributed by atoms with Crippen LogP contribution in [-0.4, -0.2) is 24.0 Å². The fourth-order valence-electron chi connectivity index (χ4n) is 1.98. The second-order valence-corrected chi connectivity index (χ2v) is 5.80. The SMILES string of the molecule is CC(=O)c1ccc(Sc2ccc3c(c2)OCCCO3)nc1. The van der Waals surface area contributed by atoms with Crippen LogP contribution < -0.4 is 9.47 Å². The number of hydrogen-bond donors (Lipinski definition) is 0. The first-order valence-electron chi connectivity index (χ1n) is 6.77. The first kappa shape index (κ1) is 13.9. The maximum absolute atomic E-state index is 11.2. The molecule has 0 saturated carbocycles. The molecule has 0 aliphatic carbocycles. The fraction of sp³-hybridized carbons (Fsp3) is 0.250. The number of carbonyl (C=O) groups excluding carboxylic acids is 1. The van der Waals surface area contributed by atoms with Crippen LogP contribution in [0.5, 0.6) is 11.5 Å². The smallest absolute Gasteiger partial charge is 0.162 e. The van der Waals surface area contributed by atoms with Gasteiger partial charge in [0.25, 0.3) is 0 Å². The quantitative estimate of drug-likeness (QED) is 0.811. The van der Waals surface area contributed by atoms with Gasteiger partial charge < -0.3 is 9.47 Å². The summed E-state index contributed by atoms with van der Waals surface area (Å²) in [6.45, 7) is 2.90. The summed E-state index contributed by atoms with van der Waals surface area (Å²) >= 11 is 1.53. The Morgan fingerprint density at radius 2 is 1.95 bits per heavy atom. The molecule has 108 valence electrons. The molecule has 0 spiro atoms. The number of rotatable bonds is 3. The topological polar surface area (TPSA) is 48.4 Å². The van der Waals surface area contributed by atoms with E-state index in [1.807, 2.05) is 24.3 Å². The number of benzene rings is 1. The molecule has 0 bridgehead atoms. The summed E-state index contributed by atoms with van der Waals surface area (Å²) < 4.78 is 11.3. The molecular weight excluding hydrogens is 286 g/mol. The molecule has 0 fully saturated rings. The van der Waals surface area contributed by atoms with Crippen LogP contribution in [0, 0.1) is 0 Å². The number of ether oxygens (including phenoxy) is 2. The Labute approximate surface area is 127 Å². The van der Waals surface area contributed by atoms with Crippen LogP contribution in [0.2, 0.25) is 0 Å². The van der Waals surface area contributed by atoms with Crippen LogP contribution in [0.3, 0.4) is 0 Å². The van der Waals surface area contributed by atoms with Crippen LogP contribution in [0.1, 0.15) is 23.7 Å². The molecule has 1 aliphatic rings. The largest absolute Gasteiger partial charge is 0.490 e. The first-order chi connectivity index (χ1) is 10.2. The number of carbonyl (C=O) groups is 1. The molecule has 3 rings (SSSR count). The van der Waals surface area contributed by atoms with Gasteiger partial charge in [0.2, 0.25) is 0 Å². The third-order valence-corrected chi connectivity index (χ3v) is 4.02. The van der Waals surface area contributed by atoms with Gasteiger partial charge in [0.05, 0.1) is 13.2 Å². The maximum atomic E-state index is 11.2. The van der Waals surface area contributed by atoms with Crippen molar-refractivity contribution in [2.45, 2.75) is 23.3 Å². The number of nitrogens with zero attached hydrogens (tertiary/aromatic N) is 1. The fourth-order valence-corrected chi connectivity index (χ4v) is 2.76. The Morgan fingerprint density at radius 1 is 1.14 bits per heavy atom. The molecule has 5 heteroatoms. The second kappa shape index (κ2) is 6.18. The van der Waals surface area contributed by atoms with Gasteiger partial charge >= 0.3 is 0 Å². The normalized spacial score (nSPS) is 13.6. The highest BCUT2D eigenvalue weighted by molar-refractivity contribution is 7.99. The van der Waals surface area contributed by atoms with Crippen LogP contribution in [0.25, 0.3) is 0 Å². The van der Waals surface area contributed by atoms with Crippen molar-refractivity contribution in [3.63, 3.8) is 0 Å². The van der Waals surface area contributed by atoms with Gasteiger partial charge in [-0.3, -0.25) is 4.79 Å².